The van der Waals surface area contributed by atoms with Crippen molar-refractivity contribution in [2.45, 2.75) is 26.8 Å². The smallest absolute Gasteiger partial charge is 0.337 e. The first-order valence-electron chi connectivity index (χ1n) is 5.35. The first-order valence-corrected chi connectivity index (χ1v) is 5.35. The van der Waals surface area contributed by atoms with Crippen molar-refractivity contribution in [1.82, 2.24) is 4.98 Å². The Balaban J connectivity index is 2.85. The number of hydrogen-bond donors (Lipinski definition) is 1. The molecule has 1 heterocycles. The number of aromatic carboxylic acids is 1. The van der Waals surface area contributed by atoms with E-state index in [-0.39, 0.29) is 5.56 Å². The molecule has 0 aliphatic heterocycles. The average molecular weight is 222 g/mol. The number of carboxylic acid groups (broad SMARTS) is 1. The molecule has 0 amide bonds. The van der Waals surface area contributed by atoms with Gasteiger partial charge in [-0.3, -0.25) is 0 Å². The molecule has 16 heavy (non-hydrogen) atoms. The van der Waals surface area contributed by atoms with E-state index in [0.29, 0.717) is 12.0 Å². The van der Waals surface area contributed by atoms with E-state index in [1.165, 1.54) is 6.20 Å². The minimum atomic E-state index is -0.946. The number of anilines is 1. The molecule has 1 atom stereocenters. The number of nitrogens with zero attached hydrogens (tertiary/aromatic N) is 2. The molecule has 0 aliphatic carbocycles. The molecule has 0 radical (unpaired) electrons. The van der Waals surface area contributed by atoms with Gasteiger partial charge in [0.05, 0.1) is 5.56 Å². The third-order valence-corrected chi connectivity index (χ3v) is 2.93. The highest BCUT2D eigenvalue weighted by molar-refractivity contribution is 5.87. The van der Waals surface area contributed by atoms with Crippen molar-refractivity contribution in [3.8, 4) is 0 Å². The van der Waals surface area contributed by atoms with Gasteiger partial charge in [0.2, 0.25) is 0 Å². The van der Waals surface area contributed by atoms with E-state index >= 15 is 0 Å². The number of pyridine rings is 1. The monoisotopic (exact) mass is 222 g/mol. The van der Waals surface area contributed by atoms with Gasteiger partial charge in [0.25, 0.3) is 0 Å². The topological polar surface area (TPSA) is 53.4 Å². The molecule has 1 aromatic rings. The predicted molar refractivity (Wildman–Crippen MR) is 63.9 cm³/mol. The lowest BCUT2D eigenvalue weighted by Crippen LogP contribution is -2.33. The maximum absolute atomic E-state index is 10.7. The largest absolute Gasteiger partial charge is 0.478 e. The second-order valence-corrected chi connectivity index (χ2v) is 4.31. The summed E-state index contributed by atoms with van der Waals surface area (Å²) in [7, 11) is 1.97. The normalized spacial score (nSPS) is 12.6. The number of carboxylic acids is 1. The molecule has 0 aliphatic rings. The SMILES string of the molecule is CC(C)C(C)N(C)c1ccc(C(=O)O)cn1. The zero-order chi connectivity index (χ0) is 12.3. The van der Waals surface area contributed by atoms with Crippen molar-refractivity contribution in [1.29, 1.82) is 0 Å². The quantitative estimate of drug-likeness (QED) is 0.849. The maximum atomic E-state index is 10.7. The molecule has 1 aromatic heterocycles. The van der Waals surface area contributed by atoms with Crippen molar-refractivity contribution in [3.63, 3.8) is 0 Å². The first kappa shape index (κ1) is 12.5. The fraction of sp³-hybridized carbons (Fsp3) is 0.500. The lowest BCUT2D eigenvalue weighted by Gasteiger charge is -2.28. The fourth-order valence-electron chi connectivity index (χ4n) is 1.38. The summed E-state index contributed by atoms with van der Waals surface area (Å²) in [5.74, 6) is 0.371. The van der Waals surface area contributed by atoms with Gasteiger partial charge in [-0.15, -0.1) is 0 Å². The van der Waals surface area contributed by atoms with Crippen LogP contribution in [0, 0.1) is 5.92 Å². The Labute approximate surface area is 95.9 Å². The van der Waals surface area contributed by atoms with Crippen LogP contribution in [0.25, 0.3) is 0 Å². The zero-order valence-electron chi connectivity index (χ0n) is 10.1. The number of rotatable bonds is 4. The predicted octanol–water partition coefficient (Wildman–Crippen LogP) is 2.26. The molecule has 1 unspecified atom stereocenters. The Hall–Kier alpha value is -1.58. The summed E-state index contributed by atoms with van der Waals surface area (Å²) >= 11 is 0. The molecule has 4 nitrogen and oxygen atoms in total. The lowest BCUT2D eigenvalue weighted by molar-refractivity contribution is 0.0696. The van der Waals surface area contributed by atoms with Crippen LogP contribution in [-0.4, -0.2) is 29.1 Å². The average Bonchev–Trinajstić information content (AvgIpc) is 2.27. The van der Waals surface area contributed by atoms with Crippen LogP contribution >= 0.6 is 0 Å². The van der Waals surface area contributed by atoms with Gasteiger partial charge in [-0.05, 0) is 25.0 Å². The molecule has 88 valence electrons. The van der Waals surface area contributed by atoms with E-state index in [9.17, 15) is 4.79 Å². The molecular formula is C12H18N2O2. The van der Waals surface area contributed by atoms with Gasteiger partial charge in [-0.25, -0.2) is 9.78 Å². The summed E-state index contributed by atoms with van der Waals surface area (Å²) in [5, 5.41) is 8.76. The summed E-state index contributed by atoms with van der Waals surface area (Å²) < 4.78 is 0. The molecule has 0 saturated carbocycles. The third kappa shape index (κ3) is 2.72. The van der Waals surface area contributed by atoms with Gasteiger partial charge < -0.3 is 10.0 Å². The van der Waals surface area contributed by atoms with E-state index in [2.05, 4.69) is 30.7 Å². The van der Waals surface area contributed by atoms with Crippen LogP contribution in [-0.2, 0) is 0 Å². The van der Waals surface area contributed by atoms with Gasteiger partial charge in [0.1, 0.15) is 5.82 Å². The Kier molecular flexibility index (Phi) is 3.88. The second-order valence-electron chi connectivity index (χ2n) is 4.31. The summed E-state index contributed by atoms with van der Waals surface area (Å²) in [5.41, 5.74) is 0.217. The van der Waals surface area contributed by atoms with Crippen LogP contribution in [0.5, 0.6) is 0 Å². The van der Waals surface area contributed by atoms with E-state index in [1.807, 2.05) is 7.05 Å². The molecule has 0 aromatic carbocycles. The highest BCUT2D eigenvalue weighted by Gasteiger charge is 2.14. The van der Waals surface area contributed by atoms with E-state index in [0.717, 1.165) is 5.82 Å². The Morgan fingerprint density at radius 3 is 2.38 bits per heavy atom. The van der Waals surface area contributed by atoms with Crippen LogP contribution in [0.4, 0.5) is 5.82 Å². The fourth-order valence-corrected chi connectivity index (χ4v) is 1.38. The molecular weight excluding hydrogens is 204 g/mol. The van der Waals surface area contributed by atoms with Crippen LogP contribution in [0.15, 0.2) is 18.3 Å². The summed E-state index contributed by atoms with van der Waals surface area (Å²) in [4.78, 5) is 16.9. The minimum Gasteiger partial charge on any atom is -0.478 e. The zero-order valence-corrected chi connectivity index (χ0v) is 10.1. The molecule has 0 spiro atoms. The van der Waals surface area contributed by atoms with E-state index in [4.69, 9.17) is 5.11 Å². The van der Waals surface area contributed by atoms with Crippen molar-refractivity contribution < 1.29 is 9.90 Å². The summed E-state index contributed by atoms with van der Waals surface area (Å²) in [6.07, 6.45) is 1.39. The van der Waals surface area contributed by atoms with Crippen molar-refractivity contribution >= 4 is 11.8 Å². The van der Waals surface area contributed by atoms with Crippen molar-refractivity contribution in [3.05, 3.63) is 23.9 Å². The van der Waals surface area contributed by atoms with Crippen LogP contribution < -0.4 is 4.90 Å². The van der Waals surface area contributed by atoms with Crippen molar-refractivity contribution in [2.24, 2.45) is 5.92 Å². The van der Waals surface area contributed by atoms with Gasteiger partial charge in [0.15, 0.2) is 0 Å². The van der Waals surface area contributed by atoms with Crippen LogP contribution in [0.1, 0.15) is 31.1 Å². The molecule has 0 saturated heterocycles. The highest BCUT2D eigenvalue weighted by Crippen LogP contribution is 2.16. The molecule has 4 heteroatoms. The van der Waals surface area contributed by atoms with E-state index in [1.54, 1.807) is 12.1 Å². The van der Waals surface area contributed by atoms with Crippen molar-refractivity contribution in [2.75, 3.05) is 11.9 Å². The molecule has 1 rings (SSSR count). The number of carbonyl (C=O) groups is 1. The van der Waals surface area contributed by atoms with Gasteiger partial charge >= 0.3 is 5.97 Å². The lowest BCUT2D eigenvalue weighted by atomic mass is 10.1. The summed E-state index contributed by atoms with van der Waals surface area (Å²) in [6.45, 7) is 6.41. The third-order valence-electron chi connectivity index (χ3n) is 2.93. The van der Waals surface area contributed by atoms with Crippen LogP contribution in [0.3, 0.4) is 0 Å². The Morgan fingerprint density at radius 1 is 1.38 bits per heavy atom. The van der Waals surface area contributed by atoms with Crippen LogP contribution in [0.2, 0.25) is 0 Å². The second kappa shape index (κ2) is 4.96. The van der Waals surface area contributed by atoms with Gasteiger partial charge in [-0.2, -0.15) is 0 Å². The molecule has 1 N–H and O–H groups in total. The summed E-state index contributed by atoms with van der Waals surface area (Å²) in [6, 6.07) is 3.68. The molecule has 0 bridgehead atoms. The number of aromatic nitrogens is 1. The maximum Gasteiger partial charge on any atom is 0.337 e. The van der Waals surface area contributed by atoms with E-state index < -0.39 is 5.97 Å². The Morgan fingerprint density at radius 2 is 2.00 bits per heavy atom. The number of hydrogen-bond acceptors (Lipinski definition) is 3. The van der Waals surface area contributed by atoms with Gasteiger partial charge in [-0.1, -0.05) is 13.8 Å². The van der Waals surface area contributed by atoms with Gasteiger partial charge in [0, 0.05) is 19.3 Å². The minimum absolute atomic E-state index is 0.217. The standard InChI is InChI=1S/C12H18N2O2/c1-8(2)9(3)14(4)11-6-5-10(7-13-11)12(15)16/h5-9H,1-4H3,(H,15,16). The first-order chi connectivity index (χ1) is 7.43. The molecule has 0 fully saturated rings. The highest BCUT2D eigenvalue weighted by atomic mass is 16.4. The Bertz CT molecular complexity index is 360.